The van der Waals surface area contributed by atoms with E-state index in [1.165, 1.54) is 18.4 Å². The Hall–Kier alpha value is -1.15. The van der Waals surface area contributed by atoms with Crippen molar-refractivity contribution in [3.8, 4) is 0 Å². The molecule has 84 valence electrons. The highest BCUT2D eigenvalue weighted by Gasteiger charge is 2.49. The molecule has 16 heavy (non-hydrogen) atoms. The number of nitrogens with one attached hydrogen (secondary N) is 1. The number of benzene rings is 1. The number of hydrogen-bond donors (Lipinski definition) is 1. The topological polar surface area (TPSA) is 29.1 Å². The van der Waals surface area contributed by atoms with Crippen LogP contribution in [0.2, 0.25) is 0 Å². The summed E-state index contributed by atoms with van der Waals surface area (Å²) in [5, 5.41) is 3.37. The monoisotopic (exact) mass is 215 g/mol. The maximum Gasteiger partial charge on any atom is 0.179 e. The van der Waals surface area contributed by atoms with Crippen LogP contribution >= 0.6 is 0 Å². The van der Waals surface area contributed by atoms with E-state index in [1.807, 2.05) is 31.2 Å². The van der Waals surface area contributed by atoms with Gasteiger partial charge in [-0.3, -0.25) is 4.79 Å². The van der Waals surface area contributed by atoms with E-state index in [-0.39, 0.29) is 11.8 Å². The summed E-state index contributed by atoms with van der Waals surface area (Å²) in [4.78, 5) is 12.2. The average molecular weight is 215 g/mol. The molecule has 0 aromatic heterocycles. The largest absolute Gasteiger partial charge is 0.307 e. The van der Waals surface area contributed by atoms with Crippen molar-refractivity contribution in [2.75, 3.05) is 6.54 Å². The lowest BCUT2D eigenvalue weighted by Crippen LogP contribution is -2.30. The number of ketones is 1. The molecule has 2 heteroatoms. The molecule has 1 atom stereocenters. The number of carbonyl (C=O) groups is 1. The van der Waals surface area contributed by atoms with Gasteiger partial charge in [0.15, 0.2) is 5.78 Å². The Morgan fingerprint density at radius 2 is 2.00 bits per heavy atom. The maximum absolute atomic E-state index is 12.2. The molecular weight excluding hydrogens is 198 g/mol. The van der Waals surface area contributed by atoms with Crippen molar-refractivity contribution in [2.24, 2.45) is 5.41 Å². The molecular formula is C14H17NO. The summed E-state index contributed by atoms with van der Waals surface area (Å²) < 4.78 is 0. The SMILES string of the molecule is Cc1ccc(C(=O)[C@@H]2CC3(CC3)CN2)cc1. The molecule has 1 N–H and O–H groups in total. The molecule has 0 bridgehead atoms. The summed E-state index contributed by atoms with van der Waals surface area (Å²) in [5.74, 6) is 0.267. The Labute approximate surface area is 96.1 Å². The highest BCUT2D eigenvalue weighted by Crippen LogP contribution is 2.52. The number of Topliss-reactive ketones (excluding diaryl/α,β-unsaturated/α-hetero) is 1. The van der Waals surface area contributed by atoms with Crippen molar-refractivity contribution in [1.29, 1.82) is 0 Å². The Balaban J connectivity index is 1.75. The maximum atomic E-state index is 12.2. The van der Waals surface area contributed by atoms with Gasteiger partial charge < -0.3 is 5.32 Å². The number of hydrogen-bond acceptors (Lipinski definition) is 2. The van der Waals surface area contributed by atoms with Crippen LogP contribution in [0.3, 0.4) is 0 Å². The molecule has 2 aliphatic rings. The minimum Gasteiger partial charge on any atom is -0.307 e. The van der Waals surface area contributed by atoms with Crippen LogP contribution in [0.4, 0.5) is 0 Å². The third-order valence-electron chi connectivity index (χ3n) is 3.97. The molecule has 1 saturated carbocycles. The molecule has 2 nitrogen and oxygen atoms in total. The minimum absolute atomic E-state index is 0.0604. The highest BCUT2D eigenvalue weighted by atomic mass is 16.1. The van der Waals surface area contributed by atoms with Crippen LogP contribution < -0.4 is 5.32 Å². The lowest BCUT2D eigenvalue weighted by atomic mass is 9.97. The van der Waals surface area contributed by atoms with Gasteiger partial charge in [-0.1, -0.05) is 29.8 Å². The second kappa shape index (κ2) is 3.42. The molecule has 1 aliphatic carbocycles. The second-order valence-electron chi connectivity index (χ2n) is 5.37. The summed E-state index contributed by atoms with van der Waals surface area (Å²) >= 11 is 0. The Morgan fingerprint density at radius 1 is 1.31 bits per heavy atom. The van der Waals surface area contributed by atoms with Gasteiger partial charge in [-0.2, -0.15) is 0 Å². The van der Waals surface area contributed by atoms with Crippen LogP contribution in [0.5, 0.6) is 0 Å². The first-order valence-electron chi connectivity index (χ1n) is 6.03. The minimum atomic E-state index is 0.0604. The molecule has 1 heterocycles. The van der Waals surface area contributed by atoms with E-state index < -0.39 is 0 Å². The fourth-order valence-electron chi connectivity index (χ4n) is 2.58. The highest BCUT2D eigenvalue weighted by molar-refractivity contribution is 6.00. The van der Waals surface area contributed by atoms with E-state index in [0.29, 0.717) is 5.41 Å². The van der Waals surface area contributed by atoms with Crippen LogP contribution in [-0.4, -0.2) is 18.4 Å². The van der Waals surface area contributed by atoms with Crippen molar-refractivity contribution < 1.29 is 4.79 Å². The van der Waals surface area contributed by atoms with Gasteiger partial charge in [0.05, 0.1) is 6.04 Å². The Morgan fingerprint density at radius 3 is 2.56 bits per heavy atom. The zero-order valence-corrected chi connectivity index (χ0v) is 9.62. The standard InChI is InChI=1S/C14H17NO/c1-10-2-4-11(5-3-10)13(16)12-8-14(6-7-14)9-15-12/h2-5,12,15H,6-9H2,1H3/t12-/m0/s1. The van der Waals surface area contributed by atoms with Crippen LogP contribution in [0.15, 0.2) is 24.3 Å². The van der Waals surface area contributed by atoms with Crippen molar-refractivity contribution in [3.63, 3.8) is 0 Å². The zero-order chi connectivity index (χ0) is 11.2. The van der Waals surface area contributed by atoms with Crippen LogP contribution in [0.1, 0.15) is 35.2 Å². The summed E-state index contributed by atoms with van der Waals surface area (Å²) in [6, 6.07) is 7.96. The van der Waals surface area contributed by atoms with Crippen molar-refractivity contribution >= 4 is 5.78 Å². The normalized spacial score (nSPS) is 25.9. The summed E-state index contributed by atoms with van der Waals surface area (Å²) in [7, 11) is 0. The Kier molecular flexibility index (Phi) is 2.15. The quantitative estimate of drug-likeness (QED) is 0.767. The first-order chi connectivity index (χ1) is 7.69. The molecule has 1 saturated heterocycles. The third-order valence-corrected chi connectivity index (χ3v) is 3.97. The van der Waals surface area contributed by atoms with Gasteiger partial charge in [0.2, 0.25) is 0 Å². The fraction of sp³-hybridized carbons (Fsp3) is 0.500. The molecule has 3 rings (SSSR count). The lowest BCUT2D eigenvalue weighted by molar-refractivity contribution is 0.0950. The lowest BCUT2D eigenvalue weighted by Gasteiger charge is -2.09. The average Bonchev–Trinajstić information content (AvgIpc) is 2.89. The summed E-state index contributed by atoms with van der Waals surface area (Å²) in [5.41, 5.74) is 2.54. The van der Waals surface area contributed by atoms with Gasteiger partial charge in [-0.25, -0.2) is 0 Å². The smallest absolute Gasteiger partial charge is 0.179 e. The zero-order valence-electron chi connectivity index (χ0n) is 9.62. The number of aryl methyl sites for hydroxylation is 1. The molecule has 1 aromatic rings. The van der Waals surface area contributed by atoms with E-state index in [9.17, 15) is 4.79 Å². The predicted molar refractivity (Wildman–Crippen MR) is 63.6 cm³/mol. The van der Waals surface area contributed by atoms with E-state index in [0.717, 1.165) is 18.5 Å². The molecule has 0 radical (unpaired) electrons. The van der Waals surface area contributed by atoms with E-state index >= 15 is 0 Å². The molecule has 1 aromatic carbocycles. The summed E-state index contributed by atoms with van der Waals surface area (Å²) in [6.07, 6.45) is 3.65. The van der Waals surface area contributed by atoms with Gasteiger partial charge in [0.25, 0.3) is 0 Å². The van der Waals surface area contributed by atoms with Crippen LogP contribution in [-0.2, 0) is 0 Å². The van der Waals surface area contributed by atoms with Gasteiger partial charge in [0, 0.05) is 12.1 Å². The summed E-state index contributed by atoms with van der Waals surface area (Å²) in [6.45, 7) is 3.08. The fourth-order valence-corrected chi connectivity index (χ4v) is 2.58. The van der Waals surface area contributed by atoms with E-state index in [4.69, 9.17) is 0 Å². The van der Waals surface area contributed by atoms with Crippen molar-refractivity contribution in [1.82, 2.24) is 5.32 Å². The van der Waals surface area contributed by atoms with Gasteiger partial charge >= 0.3 is 0 Å². The van der Waals surface area contributed by atoms with E-state index in [1.54, 1.807) is 0 Å². The molecule has 1 spiro atoms. The molecule has 2 fully saturated rings. The first kappa shape index (κ1) is 10.0. The van der Waals surface area contributed by atoms with Gasteiger partial charge in [-0.05, 0) is 31.6 Å². The number of rotatable bonds is 2. The first-order valence-corrected chi connectivity index (χ1v) is 6.03. The van der Waals surface area contributed by atoms with Crippen molar-refractivity contribution in [3.05, 3.63) is 35.4 Å². The number of carbonyl (C=O) groups excluding carboxylic acids is 1. The molecule has 0 unspecified atom stereocenters. The van der Waals surface area contributed by atoms with E-state index in [2.05, 4.69) is 5.32 Å². The third kappa shape index (κ3) is 1.67. The second-order valence-corrected chi connectivity index (χ2v) is 5.37. The predicted octanol–water partition coefficient (Wildman–Crippen LogP) is 2.32. The van der Waals surface area contributed by atoms with Crippen molar-refractivity contribution in [2.45, 2.75) is 32.2 Å². The molecule has 0 amide bonds. The Bertz CT molecular complexity index is 417. The van der Waals surface area contributed by atoms with Crippen LogP contribution in [0, 0.1) is 12.3 Å². The van der Waals surface area contributed by atoms with Gasteiger partial charge in [0.1, 0.15) is 0 Å². The van der Waals surface area contributed by atoms with Crippen LogP contribution in [0.25, 0.3) is 0 Å². The van der Waals surface area contributed by atoms with Gasteiger partial charge in [-0.15, -0.1) is 0 Å². The molecule has 1 aliphatic heterocycles.